The predicted octanol–water partition coefficient (Wildman–Crippen LogP) is 3.58. The first-order valence-electron chi connectivity index (χ1n) is 9.89. The lowest BCUT2D eigenvalue weighted by Gasteiger charge is -2.23. The van der Waals surface area contributed by atoms with Crippen molar-refractivity contribution in [3.05, 3.63) is 46.6 Å². The van der Waals surface area contributed by atoms with Crippen molar-refractivity contribution in [2.24, 2.45) is 0 Å². The Labute approximate surface area is 176 Å². The predicted molar refractivity (Wildman–Crippen MR) is 122 cm³/mol. The Kier molecular flexibility index (Phi) is 6.17. The van der Waals surface area contributed by atoms with E-state index in [1.165, 1.54) is 0 Å². The SMILES string of the molecule is C[N+](C)(C)CCOc1ccc2c(=O)c3ccc(OCC[N+](C)(C)C)cc3sc2c1. The van der Waals surface area contributed by atoms with Crippen LogP contribution in [0.1, 0.15) is 0 Å². The summed E-state index contributed by atoms with van der Waals surface area (Å²) in [6.07, 6.45) is 0. The zero-order valence-corrected chi connectivity index (χ0v) is 19.1. The van der Waals surface area contributed by atoms with Crippen molar-refractivity contribution in [1.29, 1.82) is 0 Å². The number of ether oxygens (including phenoxy) is 2. The molecular weight excluding hydrogens is 384 g/mol. The van der Waals surface area contributed by atoms with Gasteiger partial charge in [0.05, 0.1) is 42.3 Å². The maximum atomic E-state index is 12.9. The van der Waals surface area contributed by atoms with E-state index in [2.05, 4.69) is 42.3 Å². The molecule has 0 saturated heterocycles. The van der Waals surface area contributed by atoms with Gasteiger partial charge in [0.1, 0.15) is 37.8 Å². The molecule has 0 fully saturated rings. The van der Waals surface area contributed by atoms with Gasteiger partial charge in [-0.15, -0.1) is 11.3 Å². The van der Waals surface area contributed by atoms with E-state index in [0.717, 1.165) is 53.7 Å². The summed E-state index contributed by atoms with van der Waals surface area (Å²) in [7, 11) is 12.8. The molecule has 2 aromatic carbocycles. The van der Waals surface area contributed by atoms with Gasteiger partial charge in [-0.05, 0) is 36.4 Å². The van der Waals surface area contributed by atoms with E-state index >= 15 is 0 Å². The molecule has 0 aliphatic heterocycles. The summed E-state index contributed by atoms with van der Waals surface area (Å²) >= 11 is 1.60. The minimum Gasteiger partial charge on any atom is -0.488 e. The summed E-state index contributed by atoms with van der Waals surface area (Å²) in [6, 6.07) is 11.5. The highest BCUT2D eigenvalue weighted by Gasteiger charge is 2.11. The molecule has 1 aromatic heterocycles. The number of likely N-dealkylation sites (N-methyl/N-ethyl adjacent to an activating group) is 2. The van der Waals surface area contributed by atoms with Gasteiger partial charge in [0, 0.05) is 20.2 Å². The van der Waals surface area contributed by atoms with Crippen LogP contribution in [0.5, 0.6) is 11.5 Å². The Morgan fingerprint density at radius 1 is 0.724 bits per heavy atom. The Bertz CT molecular complexity index is 981. The number of hydrogen-bond acceptors (Lipinski definition) is 4. The van der Waals surface area contributed by atoms with Gasteiger partial charge in [0.25, 0.3) is 0 Å². The molecule has 0 unspecified atom stereocenters. The van der Waals surface area contributed by atoms with Crippen LogP contribution in [0.3, 0.4) is 0 Å². The first-order chi connectivity index (χ1) is 13.5. The number of nitrogens with zero attached hydrogens (tertiary/aromatic N) is 2. The second kappa shape index (κ2) is 8.30. The van der Waals surface area contributed by atoms with Gasteiger partial charge in [-0.25, -0.2) is 0 Å². The molecule has 1 heterocycles. The summed E-state index contributed by atoms with van der Waals surface area (Å²) in [6.45, 7) is 3.11. The molecule has 0 aliphatic rings. The molecular formula is C23H32N2O3S+2. The van der Waals surface area contributed by atoms with Gasteiger partial charge in [-0.2, -0.15) is 0 Å². The highest BCUT2D eigenvalue weighted by molar-refractivity contribution is 7.24. The molecule has 5 nitrogen and oxygen atoms in total. The van der Waals surface area contributed by atoms with E-state index in [1.807, 2.05) is 36.4 Å². The highest BCUT2D eigenvalue weighted by atomic mass is 32.1. The van der Waals surface area contributed by atoms with Crippen molar-refractivity contribution in [3.63, 3.8) is 0 Å². The molecule has 0 N–H and O–H groups in total. The third-order valence-electron chi connectivity index (χ3n) is 4.68. The number of hydrogen-bond donors (Lipinski definition) is 0. The first-order valence-corrected chi connectivity index (χ1v) is 10.7. The standard InChI is InChI=1S/C23H32N2O3S/c1-24(2,3)11-13-27-17-7-9-19-21(15-17)29-22-16-18(8-10-20(22)23(19)26)28-14-12-25(4,5)6/h7-10,15-16H,11-14H2,1-6H3/q+2. The van der Waals surface area contributed by atoms with Crippen LogP contribution < -0.4 is 14.9 Å². The summed E-state index contributed by atoms with van der Waals surface area (Å²) in [5.74, 6) is 1.60. The minimum atomic E-state index is 0.0598. The maximum absolute atomic E-state index is 12.9. The average Bonchev–Trinajstić information content (AvgIpc) is 2.59. The largest absolute Gasteiger partial charge is 0.488 e. The summed E-state index contributed by atoms with van der Waals surface area (Å²) in [5, 5.41) is 1.47. The molecule has 3 aromatic rings. The third-order valence-corrected chi connectivity index (χ3v) is 5.79. The summed E-state index contributed by atoms with van der Waals surface area (Å²) in [5.41, 5.74) is 0.0598. The fourth-order valence-electron chi connectivity index (χ4n) is 2.87. The number of fused-ring (bicyclic) bond motifs is 2. The van der Waals surface area contributed by atoms with Crippen LogP contribution in [-0.2, 0) is 0 Å². The molecule has 3 rings (SSSR count). The van der Waals surface area contributed by atoms with Crippen LogP contribution in [0.4, 0.5) is 0 Å². The fourth-order valence-corrected chi connectivity index (χ4v) is 4.00. The van der Waals surface area contributed by atoms with Crippen LogP contribution >= 0.6 is 11.3 Å². The van der Waals surface area contributed by atoms with Crippen LogP contribution in [0.15, 0.2) is 41.2 Å². The molecule has 29 heavy (non-hydrogen) atoms. The fraction of sp³-hybridized carbons (Fsp3) is 0.435. The minimum absolute atomic E-state index is 0.0598. The molecule has 0 amide bonds. The van der Waals surface area contributed by atoms with Crippen LogP contribution in [0.2, 0.25) is 0 Å². The smallest absolute Gasteiger partial charge is 0.195 e. The van der Waals surface area contributed by atoms with Gasteiger partial charge in [0.15, 0.2) is 5.43 Å². The Hall–Kier alpha value is -2.15. The molecule has 0 radical (unpaired) electrons. The monoisotopic (exact) mass is 416 g/mol. The van der Waals surface area contributed by atoms with Crippen LogP contribution in [0.25, 0.3) is 20.2 Å². The second-order valence-corrected chi connectivity index (χ2v) is 10.6. The lowest BCUT2D eigenvalue weighted by atomic mass is 10.2. The zero-order valence-electron chi connectivity index (χ0n) is 18.3. The molecule has 0 aliphatic carbocycles. The van der Waals surface area contributed by atoms with Crippen molar-refractivity contribution in [2.45, 2.75) is 0 Å². The molecule has 0 saturated carbocycles. The Morgan fingerprint density at radius 3 is 1.52 bits per heavy atom. The van der Waals surface area contributed by atoms with E-state index in [4.69, 9.17) is 9.47 Å². The number of benzene rings is 2. The summed E-state index contributed by atoms with van der Waals surface area (Å²) < 4.78 is 15.4. The lowest BCUT2D eigenvalue weighted by Crippen LogP contribution is -2.38. The topological polar surface area (TPSA) is 35.5 Å². The van der Waals surface area contributed by atoms with E-state index in [9.17, 15) is 4.79 Å². The number of rotatable bonds is 8. The van der Waals surface area contributed by atoms with Crippen LogP contribution in [0, 0.1) is 0 Å². The van der Waals surface area contributed by atoms with Crippen LogP contribution in [-0.4, -0.2) is 77.6 Å². The normalized spacial score (nSPS) is 12.5. The average molecular weight is 417 g/mol. The van der Waals surface area contributed by atoms with Crippen molar-refractivity contribution in [1.82, 2.24) is 0 Å². The first kappa shape index (κ1) is 21.6. The lowest BCUT2D eigenvalue weighted by molar-refractivity contribution is -0.870. The molecule has 156 valence electrons. The maximum Gasteiger partial charge on any atom is 0.195 e. The van der Waals surface area contributed by atoms with Crippen molar-refractivity contribution < 1.29 is 18.4 Å². The molecule has 0 bridgehead atoms. The Balaban J connectivity index is 1.85. The van der Waals surface area contributed by atoms with Crippen molar-refractivity contribution in [2.75, 3.05) is 68.6 Å². The van der Waals surface area contributed by atoms with E-state index in [0.29, 0.717) is 13.2 Å². The van der Waals surface area contributed by atoms with Gasteiger partial charge < -0.3 is 18.4 Å². The van der Waals surface area contributed by atoms with Gasteiger partial charge in [-0.1, -0.05) is 0 Å². The van der Waals surface area contributed by atoms with E-state index in [1.54, 1.807) is 11.3 Å². The van der Waals surface area contributed by atoms with Crippen molar-refractivity contribution in [3.8, 4) is 11.5 Å². The van der Waals surface area contributed by atoms with Gasteiger partial charge >= 0.3 is 0 Å². The second-order valence-electron chi connectivity index (χ2n) is 9.47. The molecule has 0 atom stereocenters. The van der Waals surface area contributed by atoms with E-state index < -0.39 is 0 Å². The number of quaternary nitrogens is 2. The molecule has 0 spiro atoms. The zero-order chi connectivity index (χ0) is 21.2. The van der Waals surface area contributed by atoms with E-state index in [-0.39, 0.29) is 5.43 Å². The quantitative estimate of drug-likeness (QED) is 0.416. The molecule has 6 heteroatoms. The Morgan fingerprint density at radius 2 is 1.14 bits per heavy atom. The third kappa shape index (κ3) is 5.92. The van der Waals surface area contributed by atoms with Gasteiger partial charge in [-0.3, -0.25) is 4.79 Å². The van der Waals surface area contributed by atoms with Gasteiger partial charge in [0.2, 0.25) is 0 Å². The highest BCUT2D eigenvalue weighted by Crippen LogP contribution is 2.30. The summed E-state index contributed by atoms with van der Waals surface area (Å²) in [4.78, 5) is 12.9. The van der Waals surface area contributed by atoms with Crippen molar-refractivity contribution >= 4 is 31.5 Å².